The Hall–Kier alpha value is -0.0800. The molecule has 0 aliphatic rings. The summed E-state index contributed by atoms with van der Waals surface area (Å²) in [4.78, 5) is 0. The van der Waals surface area contributed by atoms with E-state index in [0.29, 0.717) is 0 Å². The highest BCUT2D eigenvalue weighted by molar-refractivity contribution is 4.33. The normalized spacial score (nSPS) is 15.0. The Morgan fingerprint density at radius 1 is 2.00 bits per heavy atom. The molecule has 0 bridgehead atoms. The molecule has 2 heteroatoms. The summed E-state index contributed by atoms with van der Waals surface area (Å²) in [5.41, 5.74) is 0. The first kappa shape index (κ1) is 4.92. The van der Waals surface area contributed by atoms with Crippen LogP contribution in [0.4, 0.5) is 0 Å². The van der Waals surface area contributed by atoms with Crippen molar-refractivity contribution in [3.8, 4) is 0 Å². The van der Waals surface area contributed by atoms with Crippen molar-refractivity contribution >= 4 is 0 Å². The molecular weight excluding hydrogens is 68.0 g/mol. The molecule has 1 unspecified atom stereocenters. The van der Waals surface area contributed by atoms with Gasteiger partial charge in [-0.25, -0.2) is 5.11 Å². The molecule has 0 heterocycles. The third kappa shape index (κ3) is 3.92. The Morgan fingerprint density at radius 2 is 2.20 bits per heavy atom. The minimum Gasteiger partial charge on any atom is -0.394 e. The summed E-state index contributed by atoms with van der Waals surface area (Å²) < 4.78 is 0. The minimum absolute atomic E-state index is 0.250. The molecule has 0 spiro atoms. The molecule has 0 aliphatic heterocycles. The molecule has 0 aromatic carbocycles. The van der Waals surface area contributed by atoms with Gasteiger partial charge in [0.25, 0.3) is 0 Å². The third-order valence-electron chi connectivity index (χ3n) is 0.257. The highest BCUT2D eigenvalue weighted by Crippen LogP contribution is 1.70. The van der Waals surface area contributed by atoms with Gasteiger partial charge in [-0.3, -0.25) is 0 Å². The van der Waals surface area contributed by atoms with Gasteiger partial charge in [-0.05, 0) is 6.92 Å². The lowest BCUT2D eigenvalue weighted by Crippen LogP contribution is -2.01. The average molecular weight is 75.1 g/mol. The van der Waals surface area contributed by atoms with Crippen LogP contribution in [0.15, 0.2) is 0 Å². The molecule has 0 aliphatic carbocycles. The Balaban J connectivity index is 2.54. The van der Waals surface area contributed by atoms with Gasteiger partial charge in [0.05, 0.1) is 6.61 Å². The SMILES string of the molecule is CC([O])CO. The number of hydrogen-bond donors (Lipinski definition) is 1. The fourth-order valence-corrected chi connectivity index (χ4v) is 0. The topological polar surface area (TPSA) is 40.1 Å². The van der Waals surface area contributed by atoms with Crippen molar-refractivity contribution in [3.63, 3.8) is 0 Å². The predicted octanol–water partition coefficient (Wildman–Crippen LogP) is -0.202. The molecular formula is C3H7O2. The molecule has 0 saturated carbocycles. The first-order chi connectivity index (χ1) is 2.27. The zero-order valence-electron chi connectivity index (χ0n) is 3.14. The quantitative estimate of drug-likeness (QED) is 0.460. The largest absolute Gasteiger partial charge is 0.394 e. The zero-order chi connectivity index (χ0) is 4.28. The summed E-state index contributed by atoms with van der Waals surface area (Å²) in [5.74, 6) is 0. The van der Waals surface area contributed by atoms with Crippen molar-refractivity contribution in [2.45, 2.75) is 13.0 Å². The van der Waals surface area contributed by atoms with Crippen LogP contribution in [0.25, 0.3) is 0 Å². The zero-order valence-corrected chi connectivity index (χ0v) is 3.14. The second kappa shape index (κ2) is 2.18. The van der Waals surface area contributed by atoms with Crippen LogP contribution in [-0.4, -0.2) is 17.8 Å². The Kier molecular flexibility index (Phi) is 2.14. The second-order valence-corrected chi connectivity index (χ2v) is 0.993. The molecule has 0 aromatic heterocycles. The molecule has 1 atom stereocenters. The van der Waals surface area contributed by atoms with Crippen LogP contribution in [-0.2, 0) is 5.11 Å². The molecule has 5 heavy (non-hydrogen) atoms. The van der Waals surface area contributed by atoms with Gasteiger partial charge in [-0.15, -0.1) is 0 Å². The molecule has 0 saturated heterocycles. The highest BCUT2D eigenvalue weighted by Gasteiger charge is 1.86. The first-order valence-corrected chi connectivity index (χ1v) is 1.54. The first-order valence-electron chi connectivity index (χ1n) is 1.54. The van der Waals surface area contributed by atoms with E-state index in [4.69, 9.17) is 5.11 Å². The molecule has 0 fully saturated rings. The van der Waals surface area contributed by atoms with Gasteiger partial charge in [0.1, 0.15) is 6.10 Å². The van der Waals surface area contributed by atoms with Gasteiger partial charge in [0, 0.05) is 0 Å². The molecule has 31 valence electrons. The van der Waals surface area contributed by atoms with E-state index in [-0.39, 0.29) is 6.61 Å². The Morgan fingerprint density at radius 3 is 2.20 bits per heavy atom. The smallest absolute Gasteiger partial charge is 0.113 e. The third-order valence-corrected chi connectivity index (χ3v) is 0.257. The number of hydrogen-bond acceptors (Lipinski definition) is 1. The van der Waals surface area contributed by atoms with Crippen molar-refractivity contribution in [1.29, 1.82) is 0 Å². The van der Waals surface area contributed by atoms with Crippen LogP contribution < -0.4 is 0 Å². The Bertz CT molecular complexity index is 18.9. The molecule has 1 radical (unpaired) electrons. The van der Waals surface area contributed by atoms with Crippen molar-refractivity contribution in [1.82, 2.24) is 0 Å². The van der Waals surface area contributed by atoms with Crippen LogP contribution in [0, 0.1) is 0 Å². The maximum absolute atomic E-state index is 9.65. The van der Waals surface area contributed by atoms with Crippen molar-refractivity contribution in [2.75, 3.05) is 6.61 Å². The van der Waals surface area contributed by atoms with Crippen LogP contribution in [0.5, 0.6) is 0 Å². The lowest BCUT2D eigenvalue weighted by molar-refractivity contribution is 0.0491. The minimum atomic E-state index is -0.810. The number of aliphatic hydroxyl groups excluding tert-OH is 1. The summed E-state index contributed by atoms with van der Waals surface area (Å²) in [6.45, 7) is 1.17. The molecule has 0 rings (SSSR count). The second-order valence-electron chi connectivity index (χ2n) is 0.993. The number of aliphatic hydroxyl groups is 1. The van der Waals surface area contributed by atoms with Gasteiger partial charge in [0.15, 0.2) is 0 Å². The maximum Gasteiger partial charge on any atom is 0.113 e. The van der Waals surface area contributed by atoms with E-state index in [1.54, 1.807) is 0 Å². The van der Waals surface area contributed by atoms with E-state index in [9.17, 15) is 5.11 Å². The summed E-state index contributed by atoms with van der Waals surface area (Å²) >= 11 is 0. The molecule has 1 N–H and O–H groups in total. The van der Waals surface area contributed by atoms with E-state index >= 15 is 0 Å². The van der Waals surface area contributed by atoms with E-state index < -0.39 is 6.10 Å². The van der Waals surface area contributed by atoms with Crippen molar-refractivity contribution < 1.29 is 10.2 Å². The standard InChI is InChI=1S/C3H7O2/c1-3(5)2-4/h3-4H,2H2,1H3. The highest BCUT2D eigenvalue weighted by atomic mass is 16.3. The van der Waals surface area contributed by atoms with E-state index in [1.807, 2.05) is 0 Å². The average Bonchev–Trinajstić information content (AvgIpc) is 1.38. The maximum atomic E-state index is 9.65. The van der Waals surface area contributed by atoms with Crippen LogP contribution >= 0.6 is 0 Å². The lowest BCUT2D eigenvalue weighted by Gasteiger charge is -1.85. The monoisotopic (exact) mass is 75.0 g/mol. The van der Waals surface area contributed by atoms with Crippen LogP contribution in [0.2, 0.25) is 0 Å². The van der Waals surface area contributed by atoms with E-state index in [0.717, 1.165) is 0 Å². The van der Waals surface area contributed by atoms with Gasteiger partial charge < -0.3 is 5.11 Å². The van der Waals surface area contributed by atoms with Crippen LogP contribution in [0.3, 0.4) is 0 Å². The lowest BCUT2D eigenvalue weighted by atomic mass is 10.5. The molecule has 0 amide bonds. The van der Waals surface area contributed by atoms with Crippen LogP contribution in [0.1, 0.15) is 6.92 Å². The number of rotatable bonds is 1. The summed E-state index contributed by atoms with van der Waals surface area (Å²) in [6.07, 6.45) is -0.810. The molecule has 2 nitrogen and oxygen atoms in total. The summed E-state index contributed by atoms with van der Waals surface area (Å²) in [5, 5.41) is 17.5. The van der Waals surface area contributed by atoms with Crippen molar-refractivity contribution in [2.24, 2.45) is 0 Å². The summed E-state index contributed by atoms with van der Waals surface area (Å²) in [7, 11) is 0. The van der Waals surface area contributed by atoms with Gasteiger partial charge >= 0.3 is 0 Å². The fraction of sp³-hybridized carbons (Fsp3) is 1.00. The van der Waals surface area contributed by atoms with Crippen molar-refractivity contribution in [3.05, 3.63) is 0 Å². The fourth-order valence-electron chi connectivity index (χ4n) is 0. The predicted molar refractivity (Wildman–Crippen MR) is 17.2 cm³/mol. The van der Waals surface area contributed by atoms with E-state index in [2.05, 4.69) is 0 Å². The molecule has 0 aromatic rings. The van der Waals surface area contributed by atoms with E-state index in [1.165, 1.54) is 6.92 Å². The summed E-state index contributed by atoms with van der Waals surface area (Å²) in [6, 6.07) is 0. The Labute approximate surface area is 31.1 Å². The van der Waals surface area contributed by atoms with Gasteiger partial charge in [-0.1, -0.05) is 0 Å². The van der Waals surface area contributed by atoms with Gasteiger partial charge in [0.2, 0.25) is 0 Å². The van der Waals surface area contributed by atoms with Gasteiger partial charge in [-0.2, -0.15) is 0 Å².